The van der Waals surface area contributed by atoms with Crippen LogP contribution < -0.4 is 10.1 Å². The van der Waals surface area contributed by atoms with Gasteiger partial charge in [-0.25, -0.2) is 4.98 Å². The fourth-order valence-corrected chi connectivity index (χ4v) is 3.53. The zero-order valence-electron chi connectivity index (χ0n) is 11.3. The van der Waals surface area contributed by atoms with E-state index in [0.717, 1.165) is 37.4 Å². The van der Waals surface area contributed by atoms with Gasteiger partial charge in [0.1, 0.15) is 10.8 Å². The molecule has 1 saturated heterocycles. The Morgan fingerprint density at radius 3 is 3.21 bits per heavy atom. The topological polar surface area (TPSA) is 37.4 Å². The lowest BCUT2D eigenvalue weighted by atomic mass is 10.2. The molecular formula is C14H19N3OS. The smallest absolute Gasteiger partial charge is 0.120 e. The molecule has 0 radical (unpaired) electrons. The van der Waals surface area contributed by atoms with E-state index in [1.165, 1.54) is 9.71 Å². The third-order valence-corrected chi connectivity index (χ3v) is 4.45. The lowest BCUT2D eigenvalue weighted by Gasteiger charge is -2.31. The summed E-state index contributed by atoms with van der Waals surface area (Å²) in [4.78, 5) is 7.18. The summed E-state index contributed by atoms with van der Waals surface area (Å²) in [6.45, 7) is 6.45. The van der Waals surface area contributed by atoms with Crippen LogP contribution in [-0.4, -0.2) is 42.7 Å². The molecule has 4 nitrogen and oxygen atoms in total. The highest BCUT2D eigenvalue weighted by atomic mass is 32.1. The summed E-state index contributed by atoms with van der Waals surface area (Å²) in [6.07, 6.45) is 0. The van der Waals surface area contributed by atoms with Crippen LogP contribution in [0.5, 0.6) is 5.75 Å². The van der Waals surface area contributed by atoms with Crippen molar-refractivity contribution in [2.75, 3.05) is 26.7 Å². The van der Waals surface area contributed by atoms with Gasteiger partial charge in [0.25, 0.3) is 0 Å². The zero-order chi connectivity index (χ0) is 13.2. The number of benzene rings is 1. The minimum Gasteiger partial charge on any atom is -0.497 e. The molecule has 1 aromatic heterocycles. The number of rotatable bonds is 3. The molecule has 19 heavy (non-hydrogen) atoms. The van der Waals surface area contributed by atoms with Crippen molar-refractivity contribution in [3.05, 3.63) is 23.2 Å². The Balaban J connectivity index is 1.77. The van der Waals surface area contributed by atoms with Gasteiger partial charge in [-0.05, 0) is 25.1 Å². The lowest BCUT2D eigenvalue weighted by Crippen LogP contribution is -2.48. The predicted octanol–water partition coefficient (Wildman–Crippen LogP) is 2.10. The SMILES string of the molecule is COc1ccc2nc(CN3CCNC(C)C3)sc2c1. The first-order chi connectivity index (χ1) is 9.24. The molecule has 0 saturated carbocycles. The van der Waals surface area contributed by atoms with Crippen molar-refractivity contribution in [1.29, 1.82) is 0 Å². The summed E-state index contributed by atoms with van der Waals surface area (Å²) in [7, 11) is 1.70. The van der Waals surface area contributed by atoms with Gasteiger partial charge in [-0.1, -0.05) is 0 Å². The van der Waals surface area contributed by atoms with Crippen LogP contribution in [0, 0.1) is 0 Å². The molecule has 0 amide bonds. The maximum Gasteiger partial charge on any atom is 0.120 e. The Morgan fingerprint density at radius 1 is 1.53 bits per heavy atom. The first-order valence-electron chi connectivity index (χ1n) is 6.64. The molecule has 0 spiro atoms. The van der Waals surface area contributed by atoms with Gasteiger partial charge in [0.2, 0.25) is 0 Å². The highest BCUT2D eigenvalue weighted by molar-refractivity contribution is 7.18. The number of hydrogen-bond donors (Lipinski definition) is 1. The molecule has 1 aromatic carbocycles. The van der Waals surface area contributed by atoms with Gasteiger partial charge in [0.15, 0.2) is 0 Å². The van der Waals surface area contributed by atoms with Crippen molar-refractivity contribution >= 4 is 21.6 Å². The number of thiazole rings is 1. The fourth-order valence-electron chi connectivity index (χ4n) is 2.49. The van der Waals surface area contributed by atoms with E-state index in [1.807, 2.05) is 12.1 Å². The average Bonchev–Trinajstić information content (AvgIpc) is 2.79. The quantitative estimate of drug-likeness (QED) is 0.932. The van der Waals surface area contributed by atoms with Gasteiger partial charge in [-0.15, -0.1) is 11.3 Å². The van der Waals surface area contributed by atoms with Crippen LogP contribution >= 0.6 is 11.3 Å². The molecule has 0 bridgehead atoms. The molecule has 5 heteroatoms. The van der Waals surface area contributed by atoms with Crippen molar-refractivity contribution in [1.82, 2.24) is 15.2 Å². The molecule has 1 aliphatic heterocycles. The summed E-state index contributed by atoms with van der Waals surface area (Å²) in [6, 6.07) is 6.65. The Bertz CT molecular complexity index is 569. The Hall–Kier alpha value is -1.17. The molecule has 1 unspecified atom stereocenters. The zero-order valence-corrected chi connectivity index (χ0v) is 12.2. The summed E-state index contributed by atoms with van der Waals surface area (Å²) in [5.41, 5.74) is 1.07. The monoisotopic (exact) mass is 277 g/mol. The summed E-state index contributed by atoms with van der Waals surface area (Å²) in [5, 5.41) is 4.66. The number of methoxy groups -OCH3 is 1. The molecule has 1 N–H and O–H groups in total. The molecule has 1 fully saturated rings. The van der Waals surface area contributed by atoms with Crippen molar-refractivity contribution in [2.24, 2.45) is 0 Å². The Labute approximate surface area is 117 Å². The minimum absolute atomic E-state index is 0.572. The number of nitrogens with zero attached hydrogens (tertiary/aromatic N) is 2. The van der Waals surface area contributed by atoms with Crippen molar-refractivity contribution in [3.63, 3.8) is 0 Å². The van der Waals surface area contributed by atoms with Crippen LogP contribution in [0.25, 0.3) is 10.2 Å². The van der Waals surface area contributed by atoms with Gasteiger partial charge in [0.05, 0.1) is 23.9 Å². The van der Waals surface area contributed by atoms with Gasteiger partial charge in [0, 0.05) is 25.7 Å². The standard InChI is InChI=1S/C14H19N3OS/c1-10-8-17(6-5-15-10)9-14-16-12-4-3-11(18-2)7-13(12)19-14/h3-4,7,10,15H,5-6,8-9H2,1-2H3. The Morgan fingerprint density at radius 2 is 2.42 bits per heavy atom. The van der Waals surface area contributed by atoms with E-state index in [0.29, 0.717) is 6.04 Å². The number of fused-ring (bicyclic) bond motifs is 1. The van der Waals surface area contributed by atoms with E-state index in [2.05, 4.69) is 23.2 Å². The molecular weight excluding hydrogens is 258 g/mol. The van der Waals surface area contributed by atoms with Crippen LogP contribution in [0.4, 0.5) is 0 Å². The van der Waals surface area contributed by atoms with Crippen LogP contribution in [0.3, 0.4) is 0 Å². The first-order valence-corrected chi connectivity index (χ1v) is 7.45. The van der Waals surface area contributed by atoms with E-state index in [-0.39, 0.29) is 0 Å². The van der Waals surface area contributed by atoms with E-state index in [4.69, 9.17) is 9.72 Å². The van der Waals surface area contributed by atoms with Crippen LogP contribution in [0.2, 0.25) is 0 Å². The van der Waals surface area contributed by atoms with E-state index >= 15 is 0 Å². The maximum absolute atomic E-state index is 5.26. The number of aromatic nitrogens is 1. The van der Waals surface area contributed by atoms with Gasteiger partial charge < -0.3 is 10.1 Å². The Kier molecular flexibility index (Phi) is 3.68. The fraction of sp³-hybridized carbons (Fsp3) is 0.500. The lowest BCUT2D eigenvalue weighted by molar-refractivity contribution is 0.199. The van der Waals surface area contributed by atoms with E-state index in [1.54, 1.807) is 18.4 Å². The highest BCUT2D eigenvalue weighted by Gasteiger charge is 2.17. The molecule has 0 aliphatic carbocycles. The number of hydrogen-bond acceptors (Lipinski definition) is 5. The van der Waals surface area contributed by atoms with E-state index < -0.39 is 0 Å². The highest BCUT2D eigenvalue weighted by Crippen LogP contribution is 2.27. The second kappa shape index (κ2) is 5.45. The number of ether oxygens (including phenoxy) is 1. The van der Waals surface area contributed by atoms with Crippen LogP contribution in [0.1, 0.15) is 11.9 Å². The molecule has 1 aliphatic rings. The number of piperazine rings is 1. The van der Waals surface area contributed by atoms with Crippen molar-refractivity contribution in [2.45, 2.75) is 19.5 Å². The predicted molar refractivity (Wildman–Crippen MR) is 78.9 cm³/mol. The summed E-state index contributed by atoms with van der Waals surface area (Å²) < 4.78 is 6.46. The molecule has 102 valence electrons. The van der Waals surface area contributed by atoms with Crippen molar-refractivity contribution < 1.29 is 4.74 Å². The van der Waals surface area contributed by atoms with Gasteiger partial charge >= 0.3 is 0 Å². The summed E-state index contributed by atoms with van der Waals surface area (Å²) >= 11 is 1.77. The average molecular weight is 277 g/mol. The summed E-state index contributed by atoms with van der Waals surface area (Å²) in [5.74, 6) is 0.901. The third-order valence-electron chi connectivity index (χ3n) is 3.45. The molecule has 3 rings (SSSR count). The number of nitrogens with one attached hydrogen (secondary N) is 1. The second-order valence-corrected chi connectivity index (χ2v) is 6.15. The van der Waals surface area contributed by atoms with Crippen molar-refractivity contribution in [3.8, 4) is 5.75 Å². The molecule has 1 atom stereocenters. The molecule has 2 aromatic rings. The molecule has 2 heterocycles. The maximum atomic E-state index is 5.26. The normalized spacial score (nSPS) is 20.8. The third kappa shape index (κ3) is 2.88. The second-order valence-electron chi connectivity index (χ2n) is 5.03. The van der Waals surface area contributed by atoms with Gasteiger partial charge in [-0.2, -0.15) is 0 Å². The largest absolute Gasteiger partial charge is 0.497 e. The van der Waals surface area contributed by atoms with E-state index in [9.17, 15) is 0 Å². The van der Waals surface area contributed by atoms with Gasteiger partial charge in [-0.3, -0.25) is 4.90 Å². The van der Waals surface area contributed by atoms with Crippen LogP contribution in [-0.2, 0) is 6.54 Å². The minimum atomic E-state index is 0.572. The first kappa shape index (κ1) is 12.8. The van der Waals surface area contributed by atoms with Crippen LogP contribution in [0.15, 0.2) is 18.2 Å².